The third kappa shape index (κ3) is 4.94. The lowest BCUT2D eigenvalue weighted by molar-refractivity contribution is -0.123. The van der Waals surface area contributed by atoms with Crippen LogP contribution in [0.2, 0.25) is 0 Å². The summed E-state index contributed by atoms with van der Waals surface area (Å²) in [5.74, 6) is 0.530. The summed E-state index contributed by atoms with van der Waals surface area (Å²) in [5.41, 5.74) is 4.00. The van der Waals surface area contributed by atoms with Crippen LogP contribution >= 0.6 is 0 Å². The number of hydrogen-bond donors (Lipinski definition) is 2. The van der Waals surface area contributed by atoms with Gasteiger partial charge in [0.2, 0.25) is 12.7 Å². The van der Waals surface area contributed by atoms with E-state index in [0.717, 1.165) is 11.1 Å². The number of carbonyl (C=O) groups excluding carboxylic acids is 2. The molecule has 7 nitrogen and oxygen atoms in total. The van der Waals surface area contributed by atoms with Crippen molar-refractivity contribution in [2.75, 3.05) is 13.3 Å². The Balaban J connectivity index is 1.41. The predicted octanol–water partition coefficient (Wildman–Crippen LogP) is 1.70. The van der Waals surface area contributed by atoms with E-state index < -0.39 is 5.91 Å². The van der Waals surface area contributed by atoms with Crippen molar-refractivity contribution in [2.45, 2.75) is 0 Å². The molecule has 132 valence electrons. The summed E-state index contributed by atoms with van der Waals surface area (Å²) in [4.78, 5) is 23.4. The van der Waals surface area contributed by atoms with E-state index >= 15 is 0 Å². The first-order chi connectivity index (χ1) is 12.7. The van der Waals surface area contributed by atoms with Crippen LogP contribution in [0.1, 0.15) is 11.1 Å². The van der Waals surface area contributed by atoms with E-state index in [1.165, 1.54) is 12.3 Å². The quantitative estimate of drug-likeness (QED) is 0.471. The summed E-state index contributed by atoms with van der Waals surface area (Å²) in [6.45, 7) is 0.0293. The van der Waals surface area contributed by atoms with Crippen molar-refractivity contribution < 1.29 is 19.1 Å². The van der Waals surface area contributed by atoms with Crippen molar-refractivity contribution in [3.63, 3.8) is 0 Å². The van der Waals surface area contributed by atoms with Crippen LogP contribution in [0, 0.1) is 0 Å². The summed E-state index contributed by atoms with van der Waals surface area (Å²) >= 11 is 0. The van der Waals surface area contributed by atoms with Gasteiger partial charge in [0.05, 0.1) is 12.8 Å². The molecule has 0 fully saturated rings. The van der Waals surface area contributed by atoms with Crippen molar-refractivity contribution in [3.05, 3.63) is 65.7 Å². The number of hydrogen-bond acceptors (Lipinski definition) is 5. The highest BCUT2D eigenvalue weighted by molar-refractivity contribution is 5.94. The molecule has 2 aromatic rings. The monoisotopic (exact) mass is 351 g/mol. The molecular formula is C19H17N3O4. The van der Waals surface area contributed by atoms with Crippen molar-refractivity contribution in [2.24, 2.45) is 5.10 Å². The van der Waals surface area contributed by atoms with Crippen molar-refractivity contribution in [1.29, 1.82) is 0 Å². The molecule has 0 bridgehead atoms. The predicted molar refractivity (Wildman–Crippen MR) is 96.8 cm³/mol. The van der Waals surface area contributed by atoms with E-state index in [0.29, 0.717) is 11.5 Å². The molecule has 0 spiro atoms. The van der Waals surface area contributed by atoms with E-state index in [4.69, 9.17) is 9.47 Å². The Morgan fingerprint density at radius 3 is 2.69 bits per heavy atom. The van der Waals surface area contributed by atoms with E-state index in [1.807, 2.05) is 30.3 Å². The van der Waals surface area contributed by atoms with Gasteiger partial charge in [-0.3, -0.25) is 9.59 Å². The number of hydrazone groups is 1. The number of nitrogens with zero attached hydrogens (tertiary/aromatic N) is 1. The van der Waals surface area contributed by atoms with Crippen LogP contribution in [-0.2, 0) is 9.59 Å². The Morgan fingerprint density at radius 2 is 1.85 bits per heavy atom. The van der Waals surface area contributed by atoms with Crippen molar-refractivity contribution >= 4 is 24.1 Å². The van der Waals surface area contributed by atoms with E-state index in [9.17, 15) is 9.59 Å². The standard InChI is InChI=1S/C19H17N3O4/c23-18(9-7-14-4-2-1-3-5-14)20-12-19(24)22-21-11-15-6-8-16-17(10-15)26-13-25-16/h1-11H,12-13H2,(H,20,23)(H,22,24)/b9-7+,21-11-. The molecule has 0 radical (unpaired) electrons. The molecule has 1 aliphatic rings. The molecule has 2 amide bonds. The fourth-order valence-corrected chi connectivity index (χ4v) is 2.17. The highest BCUT2D eigenvalue weighted by Crippen LogP contribution is 2.31. The number of carbonyl (C=O) groups is 2. The SMILES string of the molecule is O=C(/C=C/c1ccccc1)NCC(=O)N/N=C\c1ccc2c(c1)OCO2. The highest BCUT2D eigenvalue weighted by Gasteiger charge is 2.12. The second-order valence-electron chi connectivity index (χ2n) is 5.37. The topological polar surface area (TPSA) is 89.0 Å². The number of amides is 2. The van der Waals surface area contributed by atoms with Crippen LogP contribution in [0.25, 0.3) is 6.08 Å². The molecule has 0 saturated heterocycles. The minimum Gasteiger partial charge on any atom is -0.454 e. The number of nitrogens with one attached hydrogen (secondary N) is 2. The summed E-state index contributed by atoms with van der Waals surface area (Å²) < 4.78 is 10.5. The number of ether oxygens (including phenoxy) is 2. The zero-order valence-electron chi connectivity index (χ0n) is 13.8. The van der Waals surface area contributed by atoms with Gasteiger partial charge in [-0.05, 0) is 35.4 Å². The molecule has 0 unspecified atom stereocenters. The van der Waals surface area contributed by atoms with Crippen LogP contribution in [0.3, 0.4) is 0 Å². The van der Waals surface area contributed by atoms with Crippen molar-refractivity contribution in [3.8, 4) is 11.5 Å². The van der Waals surface area contributed by atoms with Gasteiger partial charge in [-0.1, -0.05) is 30.3 Å². The molecular weight excluding hydrogens is 334 g/mol. The smallest absolute Gasteiger partial charge is 0.259 e. The maximum absolute atomic E-state index is 11.7. The van der Waals surface area contributed by atoms with Gasteiger partial charge >= 0.3 is 0 Å². The molecule has 0 aliphatic carbocycles. The first kappa shape index (κ1) is 17.2. The highest BCUT2D eigenvalue weighted by atomic mass is 16.7. The van der Waals surface area contributed by atoms with Crippen LogP contribution in [0.15, 0.2) is 59.7 Å². The Bertz CT molecular complexity index is 847. The fraction of sp³-hybridized carbons (Fsp3) is 0.105. The van der Waals surface area contributed by atoms with Gasteiger partial charge in [0.1, 0.15) is 0 Å². The first-order valence-corrected chi connectivity index (χ1v) is 7.93. The van der Waals surface area contributed by atoms with Gasteiger partial charge in [-0.25, -0.2) is 5.43 Å². The molecule has 1 heterocycles. The lowest BCUT2D eigenvalue weighted by Crippen LogP contribution is -2.34. The van der Waals surface area contributed by atoms with Crippen LogP contribution in [0.4, 0.5) is 0 Å². The largest absolute Gasteiger partial charge is 0.454 e. The van der Waals surface area contributed by atoms with Crippen LogP contribution < -0.4 is 20.2 Å². The maximum Gasteiger partial charge on any atom is 0.259 e. The Morgan fingerprint density at radius 1 is 1.04 bits per heavy atom. The average molecular weight is 351 g/mol. The lowest BCUT2D eigenvalue weighted by Gasteiger charge is -2.01. The Hall–Kier alpha value is -3.61. The van der Waals surface area contributed by atoms with Gasteiger partial charge < -0.3 is 14.8 Å². The van der Waals surface area contributed by atoms with Crippen LogP contribution in [-0.4, -0.2) is 31.4 Å². The molecule has 26 heavy (non-hydrogen) atoms. The summed E-state index contributed by atoms with van der Waals surface area (Å²) in [7, 11) is 0. The molecule has 7 heteroatoms. The van der Waals surface area contributed by atoms with E-state index in [1.54, 1.807) is 24.3 Å². The first-order valence-electron chi connectivity index (χ1n) is 7.93. The number of rotatable bonds is 6. The third-order valence-corrected chi connectivity index (χ3v) is 3.45. The third-order valence-electron chi connectivity index (χ3n) is 3.45. The minimum absolute atomic E-state index is 0.170. The van der Waals surface area contributed by atoms with Gasteiger partial charge in [0, 0.05) is 6.08 Å². The lowest BCUT2D eigenvalue weighted by atomic mass is 10.2. The number of fused-ring (bicyclic) bond motifs is 1. The van der Waals surface area contributed by atoms with E-state index in [2.05, 4.69) is 15.8 Å². The second kappa shape index (κ2) is 8.48. The minimum atomic E-state index is -0.427. The molecule has 0 atom stereocenters. The second-order valence-corrected chi connectivity index (χ2v) is 5.37. The maximum atomic E-state index is 11.7. The molecule has 3 rings (SSSR count). The Labute approximate surface area is 150 Å². The summed E-state index contributed by atoms with van der Waals surface area (Å²) in [6, 6.07) is 14.7. The molecule has 1 aliphatic heterocycles. The van der Waals surface area contributed by atoms with Gasteiger partial charge in [-0.15, -0.1) is 0 Å². The molecule has 0 aromatic heterocycles. The van der Waals surface area contributed by atoms with E-state index in [-0.39, 0.29) is 19.2 Å². The normalized spacial score (nSPS) is 12.5. The summed E-state index contributed by atoms with van der Waals surface area (Å²) in [5, 5.41) is 6.34. The summed E-state index contributed by atoms with van der Waals surface area (Å²) in [6.07, 6.45) is 4.53. The molecule has 2 N–H and O–H groups in total. The molecule has 2 aromatic carbocycles. The number of benzene rings is 2. The molecule has 0 saturated carbocycles. The van der Waals surface area contributed by atoms with Crippen molar-refractivity contribution in [1.82, 2.24) is 10.7 Å². The Kier molecular flexibility index (Phi) is 5.61. The van der Waals surface area contributed by atoms with Gasteiger partial charge in [-0.2, -0.15) is 5.10 Å². The zero-order chi connectivity index (χ0) is 18.2. The zero-order valence-corrected chi connectivity index (χ0v) is 13.8. The van der Waals surface area contributed by atoms with Gasteiger partial charge in [0.15, 0.2) is 11.5 Å². The average Bonchev–Trinajstić information content (AvgIpc) is 3.13. The van der Waals surface area contributed by atoms with Crippen LogP contribution in [0.5, 0.6) is 11.5 Å². The van der Waals surface area contributed by atoms with Gasteiger partial charge in [0.25, 0.3) is 5.91 Å². The fourth-order valence-electron chi connectivity index (χ4n) is 2.17.